The summed E-state index contributed by atoms with van der Waals surface area (Å²) >= 11 is 0. The van der Waals surface area contributed by atoms with Gasteiger partial charge in [0.15, 0.2) is 11.5 Å². The van der Waals surface area contributed by atoms with Crippen molar-refractivity contribution in [2.24, 2.45) is 0 Å². The highest BCUT2D eigenvalue weighted by atomic mass is 16.6. The van der Waals surface area contributed by atoms with E-state index in [1.807, 2.05) is 48.8 Å². The quantitative estimate of drug-likeness (QED) is 0.434. The lowest BCUT2D eigenvalue weighted by Crippen LogP contribution is -2.15. The van der Waals surface area contributed by atoms with Crippen molar-refractivity contribution < 1.29 is 9.47 Å². The molecule has 0 amide bonds. The van der Waals surface area contributed by atoms with Gasteiger partial charge in [0.25, 0.3) is 0 Å². The molecular weight excluding hydrogens is 362 g/mol. The minimum absolute atomic E-state index is 0.582. The number of benzene rings is 2. The Balaban J connectivity index is 1.46. The molecule has 3 aromatic heterocycles. The lowest BCUT2D eigenvalue weighted by atomic mass is 10.1. The lowest BCUT2D eigenvalue weighted by molar-refractivity contribution is 0.171. The molecule has 6 rings (SSSR count). The zero-order valence-corrected chi connectivity index (χ0v) is 15.6. The molecule has 0 aliphatic carbocycles. The van der Waals surface area contributed by atoms with Gasteiger partial charge in [-0.3, -0.25) is 9.38 Å². The van der Waals surface area contributed by atoms with Gasteiger partial charge in [-0.15, -0.1) is 0 Å². The van der Waals surface area contributed by atoms with Crippen LogP contribution in [0, 0.1) is 0 Å². The van der Waals surface area contributed by atoms with E-state index in [4.69, 9.17) is 9.47 Å². The van der Waals surface area contributed by atoms with Crippen molar-refractivity contribution in [3.8, 4) is 33.9 Å². The molecule has 0 radical (unpaired) electrons. The first kappa shape index (κ1) is 16.1. The molecule has 5 nitrogen and oxygen atoms in total. The number of rotatable bonds is 2. The fraction of sp³-hybridized carbons (Fsp3) is 0.0833. The van der Waals surface area contributed by atoms with Crippen molar-refractivity contribution in [3.05, 3.63) is 79.3 Å². The number of nitrogens with zero attached hydrogens (tertiary/aromatic N) is 3. The summed E-state index contributed by atoms with van der Waals surface area (Å²) in [7, 11) is 0. The molecule has 1 aliphatic rings. The third-order valence-corrected chi connectivity index (χ3v) is 5.31. The van der Waals surface area contributed by atoms with E-state index in [9.17, 15) is 0 Å². The molecule has 0 atom stereocenters. The van der Waals surface area contributed by atoms with Crippen molar-refractivity contribution in [1.82, 2.24) is 14.4 Å². The maximum atomic E-state index is 5.72. The van der Waals surface area contributed by atoms with Gasteiger partial charge < -0.3 is 9.47 Å². The molecule has 0 unspecified atom stereocenters. The summed E-state index contributed by atoms with van der Waals surface area (Å²) in [6, 6.07) is 20.5. The van der Waals surface area contributed by atoms with E-state index in [0.717, 1.165) is 50.4 Å². The van der Waals surface area contributed by atoms with E-state index in [-0.39, 0.29) is 0 Å². The van der Waals surface area contributed by atoms with Crippen molar-refractivity contribution in [2.45, 2.75) is 0 Å². The van der Waals surface area contributed by atoms with Gasteiger partial charge in [-0.25, -0.2) is 4.98 Å². The lowest BCUT2D eigenvalue weighted by Gasteiger charge is -2.19. The standard InChI is InChI=1S/C24H17N3O2/c1-2-4-20-18(3-1)19(7-9-25-20)21-15-26-24-14-17(8-10-27(21)24)16-5-6-22-23(13-16)29-12-11-28-22/h1-10,13-15H,11-12H2. The van der Waals surface area contributed by atoms with Gasteiger partial charge in [0.05, 0.1) is 17.4 Å². The van der Waals surface area contributed by atoms with Gasteiger partial charge in [0.2, 0.25) is 0 Å². The summed E-state index contributed by atoms with van der Waals surface area (Å²) in [5.41, 5.74) is 6.21. The van der Waals surface area contributed by atoms with Crippen LogP contribution in [-0.4, -0.2) is 27.6 Å². The topological polar surface area (TPSA) is 48.7 Å². The van der Waals surface area contributed by atoms with Crippen LogP contribution in [0.25, 0.3) is 38.9 Å². The van der Waals surface area contributed by atoms with Gasteiger partial charge in [0.1, 0.15) is 18.9 Å². The van der Waals surface area contributed by atoms with Gasteiger partial charge >= 0.3 is 0 Å². The summed E-state index contributed by atoms with van der Waals surface area (Å²) in [5, 5.41) is 1.12. The number of hydrogen-bond donors (Lipinski definition) is 0. The highest BCUT2D eigenvalue weighted by Gasteiger charge is 2.14. The molecule has 0 N–H and O–H groups in total. The Labute approximate surface area is 167 Å². The SMILES string of the molecule is c1ccc2c(-c3cnc4cc(-c5ccc6c(c5)OCCO6)ccn34)ccnc2c1. The van der Waals surface area contributed by atoms with Gasteiger partial charge in [-0.2, -0.15) is 0 Å². The van der Waals surface area contributed by atoms with Gasteiger partial charge in [-0.1, -0.05) is 24.3 Å². The monoisotopic (exact) mass is 379 g/mol. The zero-order valence-electron chi connectivity index (χ0n) is 15.6. The molecule has 5 aromatic rings. The van der Waals surface area contributed by atoms with E-state index in [1.165, 1.54) is 0 Å². The van der Waals surface area contributed by atoms with Gasteiger partial charge in [-0.05, 0) is 47.5 Å². The highest BCUT2D eigenvalue weighted by molar-refractivity contribution is 5.93. The molecule has 29 heavy (non-hydrogen) atoms. The van der Waals surface area contributed by atoms with Crippen molar-refractivity contribution >= 4 is 16.6 Å². The van der Waals surface area contributed by atoms with Crippen LogP contribution >= 0.6 is 0 Å². The van der Waals surface area contributed by atoms with E-state index < -0.39 is 0 Å². The zero-order chi connectivity index (χ0) is 19.2. The summed E-state index contributed by atoms with van der Waals surface area (Å²) in [4.78, 5) is 9.13. The Hall–Kier alpha value is -3.86. The third-order valence-electron chi connectivity index (χ3n) is 5.31. The smallest absolute Gasteiger partial charge is 0.161 e. The van der Waals surface area contributed by atoms with Crippen molar-refractivity contribution in [3.63, 3.8) is 0 Å². The summed E-state index contributed by atoms with van der Waals surface area (Å²) in [6.07, 6.45) is 5.84. The fourth-order valence-electron chi connectivity index (χ4n) is 3.90. The third kappa shape index (κ3) is 2.63. The van der Waals surface area contributed by atoms with E-state index >= 15 is 0 Å². The number of hydrogen-bond acceptors (Lipinski definition) is 4. The summed E-state index contributed by atoms with van der Waals surface area (Å²) in [6.45, 7) is 1.18. The molecule has 0 spiro atoms. The average molecular weight is 379 g/mol. The number of fused-ring (bicyclic) bond motifs is 3. The molecule has 0 saturated heterocycles. The molecular formula is C24H17N3O2. The Kier molecular flexibility index (Phi) is 3.53. The number of imidazole rings is 1. The van der Waals surface area contributed by atoms with Crippen LogP contribution in [0.5, 0.6) is 11.5 Å². The van der Waals surface area contributed by atoms with Crippen LogP contribution in [0.2, 0.25) is 0 Å². The Morgan fingerprint density at radius 1 is 0.793 bits per heavy atom. The minimum Gasteiger partial charge on any atom is -0.486 e. The Morgan fingerprint density at radius 2 is 1.66 bits per heavy atom. The van der Waals surface area contributed by atoms with Crippen LogP contribution in [0.1, 0.15) is 0 Å². The first-order valence-electron chi connectivity index (χ1n) is 9.58. The van der Waals surface area contributed by atoms with Crippen molar-refractivity contribution in [1.29, 1.82) is 0 Å². The molecule has 1 aliphatic heterocycles. The van der Waals surface area contributed by atoms with Crippen LogP contribution in [-0.2, 0) is 0 Å². The van der Waals surface area contributed by atoms with Gasteiger partial charge in [0, 0.05) is 23.3 Å². The normalized spacial score (nSPS) is 13.1. The molecule has 0 fully saturated rings. The van der Waals surface area contributed by atoms with E-state index in [0.29, 0.717) is 13.2 Å². The van der Waals surface area contributed by atoms with Crippen LogP contribution in [0.15, 0.2) is 79.3 Å². The number of para-hydroxylation sites is 1. The average Bonchev–Trinajstić information content (AvgIpc) is 3.21. The maximum absolute atomic E-state index is 5.72. The minimum atomic E-state index is 0.582. The largest absolute Gasteiger partial charge is 0.486 e. The Bertz CT molecular complexity index is 1370. The van der Waals surface area contributed by atoms with Crippen LogP contribution in [0.3, 0.4) is 0 Å². The number of aromatic nitrogens is 3. The second-order valence-electron chi connectivity index (χ2n) is 7.02. The Morgan fingerprint density at radius 3 is 2.62 bits per heavy atom. The first-order valence-corrected chi connectivity index (χ1v) is 9.58. The van der Waals surface area contributed by atoms with E-state index in [2.05, 4.69) is 44.8 Å². The first-order chi connectivity index (χ1) is 14.4. The fourth-order valence-corrected chi connectivity index (χ4v) is 3.90. The molecule has 140 valence electrons. The predicted octanol–water partition coefficient (Wildman–Crippen LogP) is 4.99. The molecule has 2 aromatic carbocycles. The number of ether oxygens (including phenoxy) is 2. The second kappa shape index (κ2) is 6.34. The van der Waals surface area contributed by atoms with E-state index in [1.54, 1.807) is 0 Å². The van der Waals surface area contributed by atoms with Crippen LogP contribution < -0.4 is 9.47 Å². The summed E-state index contributed by atoms with van der Waals surface area (Å²) < 4.78 is 13.5. The molecule has 0 bridgehead atoms. The maximum Gasteiger partial charge on any atom is 0.161 e. The number of pyridine rings is 2. The second-order valence-corrected chi connectivity index (χ2v) is 7.02. The molecule has 4 heterocycles. The van der Waals surface area contributed by atoms with Crippen molar-refractivity contribution in [2.75, 3.05) is 13.2 Å². The molecule has 0 saturated carbocycles. The predicted molar refractivity (Wildman–Crippen MR) is 112 cm³/mol. The van der Waals surface area contributed by atoms with Crippen LogP contribution in [0.4, 0.5) is 0 Å². The molecule has 5 heteroatoms. The highest BCUT2D eigenvalue weighted by Crippen LogP contribution is 2.35. The summed E-state index contributed by atoms with van der Waals surface area (Å²) in [5.74, 6) is 1.59.